The number of aromatic nitrogens is 1. The third-order valence-corrected chi connectivity index (χ3v) is 18.4. The second-order valence-corrected chi connectivity index (χ2v) is 22.9. The van der Waals surface area contributed by atoms with Crippen molar-refractivity contribution in [1.29, 1.82) is 0 Å². The van der Waals surface area contributed by atoms with Crippen molar-refractivity contribution < 1.29 is 44.2 Å². The number of pyridine rings is 1. The van der Waals surface area contributed by atoms with Crippen LogP contribution >= 0.6 is 21.6 Å². The minimum atomic E-state index is -0.736. The van der Waals surface area contributed by atoms with E-state index in [1.807, 2.05) is 39.8 Å². The molecule has 1 spiro atoms. The molecular formula is C55H62N4O9S2. The lowest BCUT2D eigenvalue weighted by molar-refractivity contribution is -0.141. The van der Waals surface area contributed by atoms with E-state index in [2.05, 4.69) is 46.8 Å². The third kappa shape index (κ3) is 8.87. The minimum absolute atomic E-state index is 0.0155. The zero-order valence-corrected chi connectivity index (χ0v) is 41.2. The van der Waals surface area contributed by atoms with Gasteiger partial charge in [0.05, 0.1) is 12.0 Å². The van der Waals surface area contributed by atoms with Crippen LogP contribution < -0.4 is 30.6 Å². The zero-order chi connectivity index (χ0) is 48.1. The predicted molar refractivity (Wildman–Crippen MR) is 272 cm³/mol. The molecule has 8 atom stereocenters. The number of nitrogens with one attached hydrogen (secondary N) is 2. The van der Waals surface area contributed by atoms with Gasteiger partial charge < -0.3 is 55.7 Å². The first-order chi connectivity index (χ1) is 34.1. The topological polar surface area (TPSA) is 198 Å². The summed E-state index contributed by atoms with van der Waals surface area (Å²) in [4.78, 5) is 17.7. The van der Waals surface area contributed by atoms with E-state index < -0.39 is 30.2 Å². The number of aliphatic hydroxyl groups is 2. The highest BCUT2D eigenvalue weighted by Gasteiger charge is 2.51. The standard InChI is InChI=1S/C55H62N4O9S2/c1-30(62)65-26-42-38-10-11-39-48-34(21-36(63)22-45(48)66-29-61)24-55-16-15-31(23-55)19-33-9-14-47(56)59-43(33)8-3-7-37-41(25-57-17-4-18-60)51(64)54-40(49(37)52(42)68-53(38)50(39)55)12-13-44-46(67-54)28-70-69-27-32-5-2-6-35(20-32)58-44/h9-14,21-22,31-32,35,42,44,46,52,57-58,60-61,63-64H,2,4-7,15-20,23-29H2,1H3,(H2,56,59). The Hall–Kier alpha value is -5.08. The molecule has 15 heteroatoms. The number of hydrogen-bond donors (Lipinski definition) is 7. The molecule has 368 valence electrons. The summed E-state index contributed by atoms with van der Waals surface area (Å²) in [6.45, 7) is 1.66. The number of fused-ring (bicyclic) bond motifs is 12. The average molecular weight is 987 g/mol. The average Bonchev–Trinajstić information content (AvgIpc) is 3.85. The van der Waals surface area contributed by atoms with Crippen LogP contribution in [0.3, 0.4) is 0 Å². The molecule has 1 aromatic heterocycles. The maximum Gasteiger partial charge on any atom is 0.302 e. The first kappa shape index (κ1) is 47.3. The van der Waals surface area contributed by atoms with Crippen LogP contribution in [0.4, 0.5) is 5.82 Å². The summed E-state index contributed by atoms with van der Waals surface area (Å²) in [7, 11) is 3.74. The number of benzene rings is 3. The first-order valence-corrected chi connectivity index (χ1v) is 27.5. The van der Waals surface area contributed by atoms with Crippen LogP contribution in [0.1, 0.15) is 121 Å². The lowest BCUT2D eigenvalue weighted by Crippen LogP contribution is -2.49. The lowest BCUT2D eigenvalue weighted by Gasteiger charge is -2.39. The molecule has 3 fully saturated rings. The molecular weight excluding hydrogens is 925 g/mol. The minimum Gasteiger partial charge on any atom is -0.508 e. The normalized spacial score (nSPS) is 26.9. The summed E-state index contributed by atoms with van der Waals surface area (Å²) in [6.07, 6.45) is 12.6. The van der Waals surface area contributed by atoms with Crippen molar-refractivity contribution in [3.63, 3.8) is 0 Å². The highest BCUT2D eigenvalue weighted by atomic mass is 33.1. The van der Waals surface area contributed by atoms with Crippen LogP contribution in [-0.4, -0.2) is 87.6 Å². The number of rotatable bonds is 9. The molecule has 3 aliphatic carbocycles. The summed E-state index contributed by atoms with van der Waals surface area (Å²) < 4.78 is 26.8. The summed E-state index contributed by atoms with van der Waals surface area (Å²) in [5.41, 5.74) is 15.1. The van der Waals surface area contributed by atoms with Gasteiger partial charge >= 0.3 is 5.97 Å². The van der Waals surface area contributed by atoms with E-state index in [1.165, 1.54) is 19.8 Å². The summed E-state index contributed by atoms with van der Waals surface area (Å²) in [5, 5.41) is 51.3. The highest BCUT2D eigenvalue weighted by molar-refractivity contribution is 8.76. The molecule has 8 N–H and O–H groups in total. The van der Waals surface area contributed by atoms with Crippen molar-refractivity contribution in [1.82, 2.24) is 15.6 Å². The molecule has 4 aliphatic heterocycles. The molecule has 4 aromatic rings. The van der Waals surface area contributed by atoms with Gasteiger partial charge in [-0.05, 0) is 116 Å². The zero-order valence-electron chi connectivity index (χ0n) is 39.6. The Kier molecular flexibility index (Phi) is 13.4. The fourth-order valence-corrected chi connectivity index (χ4v) is 15.5. The SMILES string of the molecule is CC(=O)OCC1c2ccc3c4c2OC1c1c2c(c(O)c(CNCCCO)c1CC#Cc1nc(N)ccc1CC1CCC4(Cc4cc(O)cc(OCO)c4-3)C1)OC1CSSCC3CCCC(C3)NC1C=C2. The van der Waals surface area contributed by atoms with Gasteiger partial charge in [0.2, 0.25) is 0 Å². The van der Waals surface area contributed by atoms with E-state index in [0.717, 1.165) is 94.5 Å². The smallest absolute Gasteiger partial charge is 0.302 e. The number of ether oxygens (including phenoxy) is 4. The summed E-state index contributed by atoms with van der Waals surface area (Å²) in [5.74, 6) is 10.7. The maximum atomic E-state index is 12.9. The van der Waals surface area contributed by atoms with Gasteiger partial charge in [-0.15, -0.1) is 0 Å². The molecule has 8 unspecified atom stereocenters. The Labute approximate surface area is 417 Å². The Morgan fingerprint density at radius 3 is 2.80 bits per heavy atom. The van der Waals surface area contributed by atoms with Crippen LogP contribution in [0.15, 0.2) is 42.5 Å². The molecule has 11 rings (SSSR count). The quantitative estimate of drug-likeness (QED) is 0.0282. The Bertz CT molecular complexity index is 2790. The molecule has 2 saturated carbocycles. The molecule has 0 radical (unpaired) electrons. The lowest BCUT2D eigenvalue weighted by atomic mass is 9.65. The van der Waals surface area contributed by atoms with Gasteiger partial charge in [0.25, 0.3) is 0 Å². The van der Waals surface area contributed by atoms with E-state index in [9.17, 15) is 25.2 Å². The number of nitrogens with zero attached hydrogens (tertiary/aromatic N) is 1. The number of nitrogen functional groups attached to an aromatic ring is 1. The Morgan fingerprint density at radius 2 is 1.94 bits per heavy atom. The number of anilines is 1. The fraction of sp³-hybridized carbons (Fsp3) is 0.491. The molecule has 0 amide bonds. The highest BCUT2D eigenvalue weighted by Crippen LogP contribution is 2.63. The van der Waals surface area contributed by atoms with Crippen molar-refractivity contribution >= 4 is 39.5 Å². The maximum absolute atomic E-state index is 12.9. The van der Waals surface area contributed by atoms with Crippen LogP contribution in [0.5, 0.6) is 28.7 Å². The van der Waals surface area contributed by atoms with Crippen molar-refractivity contribution in [3.05, 3.63) is 92.7 Å². The Balaban J connectivity index is 1.17. The number of phenolic OH excluding ortho intramolecular Hbond substituents is 2. The summed E-state index contributed by atoms with van der Waals surface area (Å²) in [6, 6.07) is 11.7. The second kappa shape index (κ2) is 19.8. The number of carbonyl (C=O) groups is 1. The van der Waals surface area contributed by atoms with Crippen LogP contribution in [-0.2, 0) is 40.8 Å². The predicted octanol–water partition coefficient (Wildman–Crippen LogP) is 7.75. The molecule has 13 nitrogen and oxygen atoms in total. The van der Waals surface area contributed by atoms with E-state index >= 15 is 0 Å². The molecule has 5 heterocycles. The van der Waals surface area contributed by atoms with Crippen molar-refractivity contribution in [2.24, 2.45) is 11.8 Å². The van der Waals surface area contributed by atoms with Gasteiger partial charge in [0, 0.05) is 88.9 Å². The van der Waals surface area contributed by atoms with Gasteiger partial charge in [0.1, 0.15) is 47.6 Å². The fourth-order valence-electron chi connectivity index (χ4n) is 12.9. The number of carbonyl (C=O) groups excluding carboxylic acids is 1. The van der Waals surface area contributed by atoms with Crippen molar-refractivity contribution in [2.45, 2.75) is 120 Å². The number of hydrogen-bond acceptors (Lipinski definition) is 15. The molecule has 6 bridgehead atoms. The number of nitrogens with two attached hydrogens (primary N) is 1. The van der Waals surface area contributed by atoms with Gasteiger partial charge in [0.15, 0.2) is 18.3 Å². The van der Waals surface area contributed by atoms with Crippen LogP contribution in [0, 0.1) is 23.7 Å². The van der Waals surface area contributed by atoms with Gasteiger partial charge in [-0.3, -0.25) is 4.79 Å². The monoisotopic (exact) mass is 986 g/mol. The Morgan fingerprint density at radius 1 is 1.06 bits per heavy atom. The summed E-state index contributed by atoms with van der Waals surface area (Å²) >= 11 is 0. The van der Waals surface area contributed by atoms with E-state index in [1.54, 1.807) is 6.07 Å². The van der Waals surface area contributed by atoms with E-state index in [-0.39, 0.29) is 55.7 Å². The first-order valence-electron chi connectivity index (χ1n) is 25.0. The van der Waals surface area contributed by atoms with Crippen molar-refractivity contribution in [3.8, 4) is 51.7 Å². The van der Waals surface area contributed by atoms with Gasteiger partial charge in [-0.1, -0.05) is 64.3 Å². The molecule has 3 aromatic carbocycles. The number of aromatic hydroxyl groups is 2. The van der Waals surface area contributed by atoms with E-state index in [4.69, 9.17) is 29.7 Å². The van der Waals surface area contributed by atoms with Crippen LogP contribution in [0.25, 0.3) is 17.2 Å². The largest absolute Gasteiger partial charge is 0.508 e. The second-order valence-electron chi connectivity index (χ2n) is 20.3. The molecule has 70 heavy (non-hydrogen) atoms. The third-order valence-electron chi connectivity index (χ3n) is 15.9. The molecule has 1 saturated heterocycles. The van der Waals surface area contributed by atoms with Gasteiger partial charge in [-0.25, -0.2) is 4.98 Å². The number of phenols is 2. The van der Waals surface area contributed by atoms with Crippen LogP contribution in [0.2, 0.25) is 0 Å². The van der Waals surface area contributed by atoms with Gasteiger partial charge in [-0.2, -0.15) is 0 Å². The van der Waals surface area contributed by atoms with Crippen molar-refractivity contribution in [2.75, 3.05) is 43.8 Å². The molecule has 7 aliphatic rings. The number of esters is 1. The van der Waals surface area contributed by atoms with E-state index in [0.29, 0.717) is 71.2 Å². The number of aliphatic hydroxyl groups excluding tert-OH is 2.